The molecule has 0 aliphatic rings. The van der Waals surface area contributed by atoms with Gasteiger partial charge in [0, 0.05) is 26.5 Å². The lowest BCUT2D eigenvalue weighted by Crippen LogP contribution is -1.97. The van der Waals surface area contributed by atoms with Crippen LogP contribution in [0, 0.1) is 0 Å². The number of rotatable bonds is 7. The second-order valence-corrected chi connectivity index (χ2v) is 8.48. The van der Waals surface area contributed by atoms with Gasteiger partial charge in [-0.25, -0.2) is 0 Å². The van der Waals surface area contributed by atoms with Gasteiger partial charge in [-0.15, -0.1) is 11.8 Å². The number of halogens is 1. The summed E-state index contributed by atoms with van der Waals surface area (Å²) in [4.78, 5) is 4.25. The molecule has 2 aromatic rings. The third-order valence-corrected chi connectivity index (χ3v) is 6.86. The van der Waals surface area contributed by atoms with Crippen molar-refractivity contribution in [2.45, 2.75) is 18.7 Å². The Hall–Kier alpha value is -0.260. The molecule has 2 rings (SSSR count). The smallest absolute Gasteiger partial charge is 0.340 e. The maximum Gasteiger partial charge on any atom is 0.340 e. The molecule has 1 aromatic heterocycles. The average molecular weight is 378 g/mol. The van der Waals surface area contributed by atoms with Crippen molar-refractivity contribution in [1.29, 1.82) is 0 Å². The lowest BCUT2D eigenvalue weighted by Gasteiger charge is -2.16. The highest BCUT2D eigenvalue weighted by molar-refractivity contribution is 9.10. The molecule has 0 saturated carbocycles. The van der Waals surface area contributed by atoms with Crippen LogP contribution in [0.15, 0.2) is 33.8 Å². The van der Waals surface area contributed by atoms with Gasteiger partial charge in [-0.2, -0.15) is 0 Å². The largest absolute Gasteiger partial charge is 0.360 e. The zero-order valence-electron chi connectivity index (χ0n) is 11.4. The van der Waals surface area contributed by atoms with Crippen molar-refractivity contribution >= 4 is 46.2 Å². The Kier molecular flexibility index (Phi) is 5.75. The fourth-order valence-corrected chi connectivity index (χ4v) is 5.31. The van der Waals surface area contributed by atoms with Gasteiger partial charge in [0.2, 0.25) is 0 Å². The lowest BCUT2D eigenvalue weighted by atomic mass is 10.2. The number of benzene rings is 1. The van der Waals surface area contributed by atoms with Crippen molar-refractivity contribution in [3.63, 3.8) is 0 Å². The summed E-state index contributed by atoms with van der Waals surface area (Å²) >= 11 is 4.95. The van der Waals surface area contributed by atoms with Gasteiger partial charge >= 0.3 is 7.60 Å². The van der Waals surface area contributed by atoms with Crippen molar-refractivity contribution in [3.8, 4) is 0 Å². The first-order chi connectivity index (χ1) is 9.58. The molecule has 7 heteroatoms. The molecule has 0 atom stereocenters. The highest BCUT2D eigenvalue weighted by atomic mass is 79.9. The molecule has 0 radical (unpaired) electrons. The maximum absolute atomic E-state index is 12.4. The Labute approximate surface area is 131 Å². The Bertz CT molecular complexity index is 621. The van der Waals surface area contributed by atoms with Gasteiger partial charge in [0.1, 0.15) is 5.49 Å². The van der Waals surface area contributed by atoms with E-state index in [0.29, 0.717) is 18.7 Å². The third-order valence-electron chi connectivity index (χ3n) is 2.64. The van der Waals surface area contributed by atoms with Crippen LogP contribution >= 0.6 is 35.3 Å². The van der Waals surface area contributed by atoms with Crippen LogP contribution in [0.25, 0.3) is 10.9 Å². The van der Waals surface area contributed by atoms with Crippen LogP contribution in [-0.2, 0) is 13.6 Å². The molecule has 0 bridgehead atoms. The standard InChI is InChI=1S/C13H17BrNO3PS/c1-3-17-19(16,18-4-2)9-20-13-8-15-12-6-5-10(14)7-11(12)13/h5-8,15H,3-4,9H2,1-2H3. The number of fused-ring (bicyclic) bond motifs is 1. The van der Waals surface area contributed by atoms with Gasteiger partial charge in [-0.3, -0.25) is 4.57 Å². The molecule has 0 aliphatic heterocycles. The number of hydrogen-bond donors (Lipinski definition) is 1. The fourth-order valence-electron chi connectivity index (χ4n) is 1.84. The summed E-state index contributed by atoms with van der Waals surface area (Å²) in [6.45, 7) is 4.41. The molecule has 0 fully saturated rings. The quantitative estimate of drug-likeness (QED) is 0.528. The minimum absolute atomic E-state index is 0.314. The number of nitrogens with one attached hydrogen (secondary N) is 1. The molecular weight excluding hydrogens is 361 g/mol. The summed E-state index contributed by atoms with van der Waals surface area (Å²) in [5, 5.41) is 1.10. The highest BCUT2D eigenvalue weighted by Gasteiger charge is 2.24. The summed E-state index contributed by atoms with van der Waals surface area (Å²) in [5.74, 6) is 0. The fraction of sp³-hybridized carbons (Fsp3) is 0.385. The van der Waals surface area contributed by atoms with Crippen LogP contribution in [0.2, 0.25) is 0 Å². The highest BCUT2D eigenvalue weighted by Crippen LogP contribution is 2.52. The molecular formula is C13H17BrNO3PS. The Morgan fingerprint density at radius 1 is 1.30 bits per heavy atom. The number of thioether (sulfide) groups is 1. The average Bonchev–Trinajstić information content (AvgIpc) is 2.79. The van der Waals surface area contributed by atoms with E-state index in [1.54, 1.807) is 0 Å². The van der Waals surface area contributed by atoms with Gasteiger partial charge in [0.25, 0.3) is 0 Å². The van der Waals surface area contributed by atoms with Gasteiger partial charge in [0.05, 0.1) is 13.2 Å². The summed E-state index contributed by atoms with van der Waals surface area (Å²) < 4.78 is 24.0. The van der Waals surface area contributed by atoms with Gasteiger partial charge in [-0.05, 0) is 32.0 Å². The Morgan fingerprint density at radius 3 is 2.65 bits per heavy atom. The molecule has 0 saturated heterocycles. The molecule has 1 N–H and O–H groups in total. The predicted molar refractivity (Wildman–Crippen MR) is 87.6 cm³/mol. The third kappa shape index (κ3) is 3.89. The molecule has 1 heterocycles. The maximum atomic E-state index is 12.4. The van der Waals surface area contributed by atoms with Crippen LogP contribution < -0.4 is 0 Å². The van der Waals surface area contributed by atoms with E-state index in [-0.39, 0.29) is 0 Å². The van der Waals surface area contributed by atoms with Crippen LogP contribution in [0.1, 0.15) is 13.8 Å². The van der Waals surface area contributed by atoms with E-state index in [1.807, 2.05) is 38.2 Å². The Morgan fingerprint density at radius 2 is 2.00 bits per heavy atom. The first kappa shape index (κ1) is 16.1. The van der Waals surface area contributed by atoms with Crippen molar-refractivity contribution in [2.75, 3.05) is 18.7 Å². The van der Waals surface area contributed by atoms with Crippen LogP contribution in [0.4, 0.5) is 0 Å². The molecule has 0 amide bonds. The summed E-state index contributed by atoms with van der Waals surface area (Å²) in [7, 11) is -3.01. The normalized spacial score (nSPS) is 12.2. The lowest BCUT2D eigenvalue weighted by molar-refractivity contribution is 0.224. The molecule has 110 valence electrons. The van der Waals surface area contributed by atoms with Gasteiger partial charge in [0.15, 0.2) is 0 Å². The predicted octanol–water partition coefficient (Wildman–Crippen LogP) is 5.25. The van der Waals surface area contributed by atoms with Crippen molar-refractivity contribution in [1.82, 2.24) is 4.98 Å². The second kappa shape index (κ2) is 7.14. The monoisotopic (exact) mass is 377 g/mol. The van der Waals surface area contributed by atoms with Crippen LogP contribution in [-0.4, -0.2) is 23.7 Å². The number of H-pyrrole nitrogens is 1. The van der Waals surface area contributed by atoms with Crippen molar-refractivity contribution < 1.29 is 13.6 Å². The molecule has 1 aromatic carbocycles. The first-order valence-corrected chi connectivity index (χ1v) is 9.86. The van der Waals surface area contributed by atoms with E-state index in [0.717, 1.165) is 20.3 Å². The van der Waals surface area contributed by atoms with Gasteiger partial charge < -0.3 is 14.0 Å². The number of aromatic nitrogens is 1. The first-order valence-electron chi connectivity index (χ1n) is 6.35. The van der Waals surface area contributed by atoms with E-state index in [2.05, 4.69) is 20.9 Å². The molecule has 0 unspecified atom stereocenters. The summed E-state index contributed by atoms with van der Waals surface area (Å²) in [6.07, 6.45) is 1.92. The van der Waals surface area contributed by atoms with Crippen LogP contribution in [0.5, 0.6) is 0 Å². The van der Waals surface area contributed by atoms with Crippen molar-refractivity contribution in [2.24, 2.45) is 0 Å². The van der Waals surface area contributed by atoms with E-state index < -0.39 is 7.60 Å². The summed E-state index contributed by atoms with van der Waals surface area (Å²) in [5.41, 5.74) is 1.37. The van der Waals surface area contributed by atoms with Crippen LogP contribution in [0.3, 0.4) is 0 Å². The zero-order valence-corrected chi connectivity index (χ0v) is 14.7. The van der Waals surface area contributed by atoms with E-state index in [1.165, 1.54) is 11.8 Å². The topological polar surface area (TPSA) is 51.3 Å². The number of hydrogen-bond acceptors (Lipinski definition) is 4. The summed E-state index contributed by atoms with van der Waals surface area (Å²) in [6, 6.07) is 6.03. The Balaban J connectivity index is 2.15. The molecule has 0 aliphatic carbocycles. The molecule has 0 spiro atoms. The van der Waals surface area contributed by atoms with E-state index in [9.17, 15) is 4.57 Å². The van der Waals surface area contributed by atoms with Gasteiger partial charge in [-0.1, -0.05) is 15.9 Å². The number of aromatic amines is 1. The van der Waals surface area contributed by atoms with E-state index in [4.69, 9.17) is 9.05 Å². The SMILES string of the molecule is CCOP(=O)(CSc1c[nH]c2ccc(Br)cc12)OCC. The minimum Gasteiger partial charge on any atom is -0.360 e. The minimum atomic E-state index is -3.01. The molecule has 20 heavy (non-hydrogen) atoms. The zero-order chi connectivity index (χ0) is 14.6. The van der Waals surface area contributed by atoms with Crippen molar-refractivity contribution in [3.05, 3.63) is 28.9 Å². The molecule has 4 nitrogen and oxygen atoms in total. The second-order valence-electron chi connectivity index (χ2n) is 4.06. The van der Waals surface area contributed by atoms with E-state index >= 15 is 0 Å².